The fourth-order valence-electron chi connectivity index (χ4n) is 2.41. The summed E-state index contributed by atoms with van der Waals surface area (Å²) in [5.74, 6) is 0.484. The Kier molecular flexibility index (Phi) is 4.70. The number of sulfone groups is 1. The van der Waals surface area contributed by atoms with Gasteiger partial charge in [0.1, 0.15) is 14.9 Å². The molecule has 0 spiro atoms. The van der Waals surface area contributed by atoms with Crippen molar-refractivity contribution in [2.45, 2.75) is 37.0 Å². The van der Waals surface area contributed by atoms with Crippen molar-refractivity contribution in [1.82, 2.24) is 9.97 Å². The van der Waals surface area contributed by atoms with Gasteiger partial charge in [0.25, 0.3) is 0 Å². The van der Waals surface area contributed by atoms with E-state index >= 15 is 0 Å². The third-order valence-electron chi connectivity index (χ3n) is 3.48. The van der Waals surface area contributed by atoms with Gasteiger partial charge in [-0.1, -0.05) is 18.0 Å². The second kappa shape index (κ2) is 6.13. The van der Waals surface area contributed by atoms with Crippen LogP contribution in [0.3, 0.4) is 0 Å². The Balaban J connectivity index is 2.10. The number of halogens is 1. The molecular weight excluding hydrogens is 302 g/mol. The maximum atomic E-state index is 11.7. The number of rotatable bonds is 4. The van der Waals surface area contributed by atoms with Gasteiger partial charge in [-0.2, -0.15) is 4.98 Å². The van der Waals surface area contributed by atoms with Gasteiger partial charge in [0, 0.05) is 12.3 Å². The van der Waals surface area contributed by atoms with Crippen LogP contribution in [0.5, 0.6) is 6.01 Å². The van der Waals surface area contributed by atoms with Gasteiger partial charge in [-0.3, -0.25) is 0 Å². The molecule has 6 nitrogen and oxygen atoms in total. The first-order valence-corrected chi connectivity index (χ1v) is 8.75. The largest absolute Gasteiger partial charge is 0.467 e. The van der Waals surface area contributed by atoms with Gasteiger partial charge in [-0.25, -0.2) is 13.4 Å². The van der Waals surface area contributed by atoms with Crippen molar-refractivity contribution in [3.63, 3.8) is 0 Å². The number of methoxy groups -OCH3 is 1. The van der Waals surface area contributed by atoms with E-state index in [1.807, 2.05) is 0 Å². The van der Waals surface area contributed by atoms with Gasteiger partial charge in [-0.15, -0.1) is 0 Å². The highest BCUT2D eigenvalue weighted by Gasteiger charge is 2.29. The van der Waals surface area contributed by atoms with E-state index in [0.29, 0.717) is 17.3 Å². The maximum Gasteiger partial charge on any atom is 0.318 e. The van der Waals surface area contributed by atoms with E-state index in [9.17, 15) is 8.42 Å². The molecule has 1 aliphatic rings. The molecule has 0 radical (unpaired) electrons. The van der Waals surface area contributed by atoms with Crippen LogP contribution in [-0.2, 0) is 9.84 Å². The highest BCUT2D eigenvalue weighted by Crippen LogP contribution is 2.28. The number of hydrogen-bond donors (Lipinski definition) is 1. The number of ether oxygens (including phenoxy) is 1. The Labute approximate surface area is 123 Å². The second-order valence-electron chi connectivity index (χ2n) is 5.01. The fraction of sp³-hybridized carbons (Fsp3) is 0.667. The van der Waals surface area contributed by atoms with Crippen molar-refractivity contribution in [3.8, 4) is 6.01 Å². The van der Waals surface area contributed by atoms with Crippen molar-refractivity contribution in [3.05, 3.63) is 11.2 Å². The average Bonchev–Trinajstić information content (AvgIpc) is 2.41. The number of hydrogen-bond acceptors (Lipinski definition) is 6. The lowest BCUT2D eigenvalue weighted by Gasteiger charge is -2.29. The van der Waals surface area contributed by atoms with Crippen molar-refractivity contribution in [1.29, 1.82) is 0 Å². The Bertz CT molecular complexity index is 579. The zero-order valence-electron chi connectivity index (χ0n) is 11.5. The normalized spacial score (nSPS) is 23.4. The lowest BCUT2D eigenvalue weighted by Crippen LogP contribution is -2.34. The summed E-state index contributed by atoms with van der Waals surface area (Å²) >= 11 is 6.04. The molecule has 1 fully saturated rings. The van der Waals surface area contributed by atoms with Crippen LogP contribution in [0.2, 0.25) is 5.02 Å². The highest BCUT2D eigenvalue weighted by atomic mass is 35.5. The van der Waals surface area contributed by atoms with Crippen LogP contribution in [0.1, 0.15) is 25.7 Å². The summed E-state index contributed by atoms with van der Waals surface area (Å²) in [5.41, 5.74) is 0. The minimum Gasteiger partial charge on any atom is -0.467 e. The minimum atomic E-state index is -3.00. The van der Waals surface area contributed by atoms with Crippen molar-refractivity contribution in [2.24, 2.45) is 0 Å². The Morgan fingerprint density at radius 1 is 1.45 bits per heavy atom. The Morgan fingerprint density at radius 3 is 2.85 bits per heavy atom. The summed E-state index contributed by atoms with van der Waals surface area (Å²) in [5, 5.41) is 3.30. The first-order chi connectivity index (χ1) is 9.40. The molecule has 1 aromatic heterocycles. The number of nitrogens with zero attached hydrogens (tertiary/aromatic N) is 2. The van der Waals surface area contributed by atoms with E-state index in [-0.39, 0.29) is 17.3 Å². The lowest BCUT2D eigenvalue weighted by atomic mass is 9.95. The topological polar surface area (TPSA) is 81.2 Å². The first kappa shape index (κ1) is 15.3. The van der Waals surface area contributed by atoms with Crippen molar-refractivity contribution in [2.75, 3.05) is 18.7 Å². The summed E-state index contributed by atoms with van der Waals surface area (Å²) in [4.78, 5) is 8.05. The van der Waals surface area contributed by atoms with Crippen LogP contribution in [0.15, 0.2) is 6.20 Å². The molecule has 1 saturated carbocycles. The van der Waals surface area contributed by atoms with Crippen LogP contribution in [0, 0.1) is 0 Å². The summed E-state index contributed by atoms with van der Waals surface area (Å²) in [7, 11) is -1.52. The predicted octanol–water partition coefficient (Wildman–Crippen LogP) is 1.91. The van der Waals surface area contributed by atoms with Crippen molar-refractivity contribution >= 4 is 27.3 Å². The van der Waals surface area contributed by atoms with Gasteiger partial charge in [0.15, 0.2) is 5.82 Å². The van der Waals surface area contributed by atoms with Gasteiger partial charge in [0.05, 0.1) is 18.6 Å². The van der Waals surface area contributed by atoms with Crippen LogP contribution in [-0.4, -0.2) is 43.0 Å². The smallest absolute Gasteiger partial charge is 0.318 e. The van der Waals surface area contributed by atoms with E-state index in [2.05, 4.69) is 15.3 Å². The fourth-order valence-corrected chi connectivity index (χ4v) is 3.73. The maximum absolute atomic E-state index is 11.7. The molecule has 0 aromatic carbocycles. The highest BCUT2D eigenvalue weighted by molar-refractivity contribution is 7.91. The molecule has 0 aliphatic heterocycles. The number of anilines is 1. The van der Waals surface area contributed by atoms with E-state index in [0.717, 1.165) is 19.3 Å². The summed E-state index contributed by atoms with van der Waals surface area (Å²) in [6.07, 6.45) is 5.82. The van der Waals surface area contributed by atoms with Crippen LogP contribution in [0.4, 0.5) is 5.82 Å². The molecule has 112 valence electrons. The summed E-state index contributed by atoms with van der Waals surface area (Å²) < 4.78 is 28.3. The minimum absolute atomic E-state index is 0.0422. The second-order valence-corrected chi connectivity index (χ2v) is 7.75. The summed E-state index contributed by atoms with van der Waals surface area (Å²) in [6, 6.07) is 0.271. The third kappa shape index (κ3) is 3.73. The van der Waals surface area contributed by atoms with E-state index in [1.165, 1.54) is 19.6 Å². The predicted molar refractivity (Wildman–Crippen MR) is 78.1 cm³/mol. The lowest BCUT2D eigenvalue weighted by molar-refractivity contribution is 0.379. The SMILES string of the molecule is COc1ncc(Cl)c(NC2CCCC(S(C)(=O)=O)C2)n1. The van der Waals surface area contributed by atoms with Gasteiger partial charge in [0.2, 0.25) is 0 Å². The van der Waals surface area contributed by atoms with Crippen molar-refractivity contribution < 1.29 is 13.2 Å². The third-order valence-corrected chi connectivity index (χ3v) is 5.39. The summed E-state index contributed by atoms with van der Waals surface area (Å²) in [6.45, 7) is 0. The molecule has 0 bridgehead atoms. The zero-order chi connectivity index (χ0) is 14.8. The number of nitrogens with one attached hydrogen (secondary N) is 1. The standard InChI is InChI=1S/C12H18ClN3O3S/c1-19-12-14-7-10(13)11(16-12)15-8-4-3-5-9(6-8)20(2,17)18/h7-9H,3-6H2,1-2H3,(H,14,15,16). The zero-order valence-corrected chi connectivity index (χ0v) is 13.0. The molecule has 8 heteroatoms. The van der Waals surface area contributed by atoms with E-state index in [4.69, 9.17) is 16.3 Å². The quantitative estimate of drug-likeness (QED) is 0.913. The molecular formula is C12H18ClN3O3S. The molecule has 2 unspecified atom stereocenters. The molecule has 1 aromatic rings. The molecule has 1 N–H and O–H groups in total. The van der Waals surface area contributed by atoms with Gasteiger partial charge >= 0.3 is 6.01 Å². The monoisotopic (exact) mass is 319 g/mol. The molecule has 2 rings (SSSR count). The molecule has 1 heterocycles. The molecule has 2 atom stereocenters. The van der Waals surface area contributed by atoms with E-state index in [1.54, 1.807) is 0 Å². The molecule has 0 amide bonds. The molecule has 0 saturated heterocycles. The average molecular weight is 320 g/mol. The Morgan fingerprint density at radius 2 is 2.20 bits per heavy atom. The Hall–Kier alpha value is -1.08. The van der Waals surface area contributed by atoms with Crippen LogP contribution in [0.25, 0.3) is 0 Å². The number of aromatic nitrogens is 2. The molecule has 1 aliphatic carbocycles. The molecule has 20 heavy (non-hydrogen) atoms. The van der Waals surface area contributed by atoms with E-state index < -0.39 is 9.84 Å². The van der Waals surface area contributed by atoms with Gasteiger partial charge in [-0.05, 0) is 19.3 Å². The van der Waals surface area contributed by atoms with Crippen LogP contribution < -0.4 is 10.1 Å². The van der Waals surface area contributed by atoms with Crippen LogP contribution >= 0.6 is 11.6 Å². The first-order valence-electron chi connectivity index (χ1n) is 6.42. The van der Waals surface area contributed by atoms with Gasteiger partial charge < -0.3 is 10.1 Å².